The zero-order valence-corrected chi connectivity index (χ0v) is 27.0. The molecule has 0 unspecified atom stereocenters. The maximum atomic E-state index is 14.0. The van der Waals surface area contributed by atoms with Crippen LogP contribution in [0, 0.1) is 5.82 Å². The molecule has 2 heterocycles. The molecule has 5 heteroatoms. The van der Waals surface area contributed by atoms with E-state index in [1.54, 1.807) is 0 Å². The van der Waals surface area contributed by atoms with Gasteiger partial charge in [-0.2, -0.15) is 0 Å². The fourth-order valence-electron chi connectivity index (χ4n) is 6.35. The molecule has 0 bridgehead atoms. The molecule has 0 aliphatic rings. The van der Waals surface area contributed by atoms with Crippen LogP contribution in [0.4, 0.5) is 4.39 Å². The minimum Gasteiger partial charge on any atom is -0.308 e. The number of benzene rings is 6. The van der Waals surface area contributed by atoms with Crippen LogP contribution in [0.25, 0.3) is 72.8 Å². The average molecular weight is 625 g/mol. The van der Waals surface area contributed by atoms with Crippen LogP contribution in [0.3, 0.4) is 0 Å². The topological polar surface area (TPSA) is 43.6 Å². The van der Waals surface area contributed by atoms with Crippen LogP contribution < -0.4 is 0 Å². The first-order valence-corrected chi connectivity index (χ1v) is 16.1. The Bertz CT molecular complexity index is 2370. The van der Waals surface area contributed by atoms with Crippen LogP contribution >= 0.6 is 0 Å². The lowest BCUT2D eigenvalue weighted by Gasteiger charge is -2.20. The van der Waals surface area contributed by atoms with E-state index in [-0.39, 0.29) is 11.2 Å². The molecule has 8 aromatic rings. The number of halogens is 1. The number of nitrogens with zero attached hydrogens (tertiary/aromatic N) is 4. The van der Waals surface area contributed by atoms with Crippen molar-refractivity contribution >= 4 is 21.8 Å². The Morgan fingerprint density at radius 3 is 1.69 bits per heavy atom. The van der Waals surface area contributed by atoms with Gasteiger partial charge in [0, 0.05) is 27.5 Å². The molecule has 0 atom stereocenters. The van der Waals surface area contributed by atoms with Gasteiger partial charge < -0.3 is 4.57 Å². The van der Waals surface area contributed by atoms with E-state index >= 15 is 0 Å². The zero-order chi connectivity index (χ0) is 32.8. The van der Waals surface area contributed by atoms with E-state index in [9.17, 15) is 4.39 Å². The Kier molecular flexibility index (Phi) is 7.18. The second kappa shape index (κ2) is 11.7. The molecular formula is C43H33FN4. The van der Waals surface area contributed by atoms with Crippen molar-refractivity contribution < 1.29 is 4.39 Å². The van der Waals surface area contributed by atoms with Crippen LogP contribution in [-0.4, -0.2) is 19.5 Å². The summed E-state index contributed by atoms with van der Waals surface area (Å²) in [7, 11) is 0. The minimum atomic E-state index is -0.264. The van der Waals surface area contributed by atoms with Gasteiger partial charge in [-0.05, 0) is 58.5 Å². The Balaban J connectivity index is 1.46. The number of hydrogen-bond acceptors (Lipinski definition) is 3. The van der Waals surface area contributed by atoms with Crippen molar-refractivity contribution in [2.24, 2.45) is 0 Å². The lowest BCUT2D eigenvalue weighted by molar-refractivity contribution is 0.591. The summed E-state index contributed by atoms with van der Waals surface area (Å²) in [5, 5.41) is 2.33. The average Bonchev–Trinajstić information content (AvgIpc) is 3.45. The predicted molar refractivity (Wildman–Crippen MR) is 195 cm³/mol. The molecule has 8 rings (SSSR count). The monoisotopic (exact) mass is 624 g/mol. The van der Waals surface area contributed by atoms with Crippen molar-refractivity contribution in [3.63, 3.8) is 0 Å². The molecule has 0 radical (unpaired) electrons. The maximum absolute atomic E-state index is 14.0. The Morgan fingerprint density at radius 1 is 0.479 bits per heavy atom. The first-order valence-electron chi connectivity index (χ1n) is 16.1. The van der Waals surface area contributed by atoms with Crippen LogP contribution in [0.1, 0.15) is 26.3 Å². The third-order valence-electron chi connectivity index (χ3n) is 8.90. The smallest absolute Gasteiger partial charge is 0.166 e. The van der Waals surface area contributed by atoms with Gasteiger partial charge in [-0.15, -0.1) is 0 Å². The summed E-state index contributed by atoms with van der Waals surface area (Å²) in [5.41, 5.74) is 8.88. The summed E-state index contributed by atoms with van der Waals surface area (Å²) in [5.74, 6) is 1.51. The Labute approximate surface area is 279 Å². The molecule has 0 saturated heterocycles. The lowest BCUT2D eigenvalue weighted by Crippen LogP contribution is -2.11. The summed E-state index contributed by atoms with van der Waals surface area (Å²) in [6.07, 6.45) is 0. The maximum Gasteiger partial charge on any atom is 0.166 e. The SMILES string of the molecule is CC(C)(C)c1ccc2c3ccccc3n(-c3cc(-c4ccc(F)cc4)ccc3-c3nc(-c4ccccc4)nc(-c4ccccc4)n3)c2c1. The van der Waals surface area contributed by atoms with E-state index in [1.807, 2.05) is 72.8 Å². The first-order chi connectivity index (χ1) is 23.3. The van der Waals surface area contributed by atoms with Crippen LogP contribution in [-0.2, 0) is 5.41 Å². The van der Waals surface area contributed by atoms with E-state index in [4.69, 9.17) is 15.0 Å². The van der Waals surface area contributed by atoms with Gasteiger partial charge in [0.25, 0.3) is 0 Å². The van der Waals surface area contributed by atoms with Crippen molar-refractivity contribution in [1.82, 2.24) is 19.5 Å². The fourth-order valence-corrected chi connectivity index (χ4v) is 6.35. The number of aromatic nitrogens is 4. The van der Waals surface area contributed by atoms with Gasteiger partial charge in [0.15, 0.2) is 17.5 Å². The normalized spacial score (nSPS) is 11.8. The quantitative estimate of drug-likeness (QED) is 0.191. The molecule has 6 aromatic carbocycles. The van der Waals surface area contributed by atoms with Gasteiger partial charge in [0.05, 0.1) is 16.7 Å². The van der Waals surface area contributed by atoms with Crippen molar-refractivity contribution in [2.75, 3.05) is 0 Å². The lowest BCUT2D eigenvalue weighted by atomic mass is 9.86. The van der Waals surface area contributed by atoms with Crippen molar-refractivity contribution in [1.29, 1.82) is 0 Å². The third kappa shape index (κ3) is 5.33. The van der Waals surface area contributed by atoms with E-state index in [2.05, 4.69) is 86.0 Å². The molecule has 0 fully saturated rings. The highest BCUT2D eigenvalue weighted by molar-refractivity contribution is 6.10. The molecule has 232 valence electrons. The highest BCUT2D eigenvalue weighted by Gasteiger charge is 2.22. The number of rotatable bonds is 5. The Morgan fingerprint density at radius 2 is 1.04 bits per heavy atom. The van der Waals surface area contributed by atoms with Crippen molar-refractivity contribution in [2.45, 2.75) is 26.2 Å². The molecule has 0 N–H and O–H groups in total. The summed E-state index contributed by atoms with van der Waals surface area (Å²) in [6, 6.07) is 48.3. The van der Waals surface area contributed by atoms with Gasteiger partial charge in [-0.25, -0.2) is 19.3 Å². The third-order valence-corrected chi connectivity index (χ3v) is 8.90. The van der Waals surface area contributed by atoms with Crippen LogP contribution in [0.2, 0.25) is 0 Å². The standard InChI is InChI=1S/C43H33FN4/c1-43(2,3)32-21-25-35-34-16-10-11-17-37(34)48(39(35)27-32)38-26-31(28-18-22-33(44)23-19-28)20-24-36(38)42-46-40(29-12-6-4-7-13-29)45-41(47-42)30-14-8-5-9-15-30/h4-27H,1-3H3. The molecular weight excluding hydrogens is 591 g/mol. The number of para-hydroxylation sites is 1. The molecule has 0 spiro atoms. The van der Waals surface area contributed by atoms with E-state index in [1.165, 1.54) is 23.1 Å². The summed E-state index contributed by atoms with van der Waals surface area (Å²) >= 11 is 0. The van der Waals surface area contributed by atoms with Crippen LogP contribution in [0.15, 0.2) is 146 Å². The van der Waals surface area contributed by atoms with Crippen molar-refractivity contribution in [3.05, 3.63) is 157 Å². The second-order valence-corrected chi connectivity index (χ2v) is 13.1. The van der Waals surface area contributed by atoms with Gasteiger partial charge in [0.2, 0.25) is 0 Å². The Hall–Kier alpha value is -5.94. The van der Waals surface area contributed by atoms with Gasteiger partial charge in [-0.1, -0.05) is 130 Å². The molecule has 48 heavy (non-hydrogen) atoms. The molecule has 0 aliphatic carbocycles. The van der Waals surface area contributed by atoms with E-state index in [0.717, 1.165) is 49.9 Å². The van der Waals surface area contributed by atoms with Gasteiger partial charge >= 0.3 is 0 Å². The summed E-state index contributed by atoms with van der Waals surface area (Å²) < 4.78 is 16.3. The summed E-state index contributed by atoms with van der Waals surface area (Å²) in [6.45, 7) is 6.72. The van der Waals surface area contributed by atoms with Gasteiger partial charge in [-0.3, -0.25) is 0 Å². The molecule has 0 aliphatic heterocycles. The molecule has 2 aromatic heterocycles. The number of fused-ring (bicyclic) bond motifs is 3. The minimum absolute atomic E-state index is 0.0440. The molecule has 4 nitrogen and oxygen atoms in total. The molecule has 0 saturated carbocycles. The highest BCUT2D eigenvalue weighted by atomic mass is 19.1. The summed E-state index contributed by atoms with van der Waals surface area (Å²) in [4.78, 5) is 15.2. The van der Waals surface area contributed by atoms with Crippen molar-refractivity contribution in [3.8, 4) is 51.0 Å². The number of hydrogen-bond donors (Lipinski definition) is 0. The second-order valence-electron chi connectivity index (χ2n) is 13.1. The zero-order valence-electron chi connectivity index (χ0n) is 27.0. The largest absolute Gasteiger partial charge is 0.308 e. The highest BCUT2D eigenvalue weighted by Crippen LogP contribution is 2.39. The predicted octanol–water partition coefficient (Wildman–Crippen LogP) is 11.1. The first kappa shape index (κ1) is 29.5. The van der Waals surface area contributed by atoms with Gasteiger partial charge in [0.1, 0.15) is 5.82 Å². The fraction of sp³-hybridized carbons (Fsp3) is 0.0930. The molecule has 0 amide bonds. The van der Waals surface area contributed by atoms with E-state index in [0.29, 0.717) is 17.5 Å². The van der Waals surface area contributed by atoms with Crippen LogP contribution in [0.5, 0.6) is 0 Å². The van der Waals surface area contributed by atoms with E-state index < -0.39 is 0 Å².